The second-order valence-electron chi connectivity index (χ2n) is 6.06. The van der Waals surface area contributed by atoms with Crippen molar-refractivity contribution in [2.45, 2.75) is 52.5 Å². The minimum absolute atomic E-state index is 0.496. The largest absolute Gasteiger partial charge is 0.382 e. The van der Waals surface area contributed by atoms with E-state index in [2.05, 4.69) is 60.2 Å². The SMILES string of the molecule is Cc1ccc(Br)cc1NC1CCCC(C)(C)C1. The predicted molar refractivity (Wildman–Crippen MR) is 78.5 cm³/mol. The summed E-state index contributed by atoms with van der Waals surface area (Å²) < 4.78 is 1.15. The normalized spacial score (nSPS) is 23.4. The molecule has 1 N–H and O–H groups in total. The third-order valence-electron chi connectivity index (χ3n) is 3.76. The molecule has 1 fully saturated rings. The molecule has 1 aliphatic carbocycles. The van der Waals surface area contributed by atoms with Crippen LogP contribution < -0.4 is 5.32 Å². The first kappa shape index (κ1) is 12.9. The van der Waals surface area contributed by atoms with Crippen molar-refractivity contribution in [3.05, 3.63) is 28.2 Å². The predicted octanol–water partition coefficient (Wildman–Crippen LogP) is 5.14. The zero-order chi connectivity index (χ0) is 12.5. The molecule has 0 aliphatic heterocycles. The van der Waals surface area contributed by atoms with Gasteiger partial charge in [0.1, 0.15) is 0 Å². The Morgan fingerprint density at radius 1 is 1.35 bits per heavy atom. The number of benzene rings is 1. The molecule has 2 heteroatoms. The van der Waals surface area contributed by atoms with Gasteiger partial charge in [-0.3, -0.25) is 0 Å². The van der Waals surface area contributed by atoms with Gasteiger partial charge in [-0.25, -0.2) is 0 Å². The number of hydrogen-bond acceptors (Lipinski definition) is 1. The van der Waals surface area contributed by atoms with E-state index in [0.717, 1.165) is 4.47 Å². The van der Waals surface area contributed by atoms with Crippen molar-refractivity contribution in [3.63, 3.8) is 0 Å². The van der Waals surface area contributed by atoms with Gasteiger partial charge in [-0.05, 0) is 49.3 Å². The Kier molecular flexibility index (Phi) is 3.82. The van der Waals surface area contributed by atoms with Crippen molar-refractivity contribution in [3.8, 4) is 0 Å². The average Bonchev–Trinajstić information content (AvgIpc) is 2.22. The van der Waals surface area contributed by atoms with Crippen LogP contribution in [0.15, 0.2) is 22.7 Å². The van der Waals surface area contributed by atoms with Crippen molar-refractivity contribution in [1.29, 1.82) is 0 Å². The van der Waals surface area contributed by atoms with Crippen LogP contribution >= 0.6 is 15.9 Å². The number of nitrogens with one attached hydrogen (secondary N) is 1. The van der Waals surface area contributed by atoms with Crippen LogP contribution in [0.4, 0.5) is 5.69 Å². The summed E-state index contributed by atoms with van der Waals surface area (Å²) in [6.07, 6.45) is 5.29. The number of hydrogen-bond donors (Lipinski definition) is 1. The Hall–Kier alpha value is -0.500. The molecule has 1 aliphatic rings. The number of aryl methyl sites for hydroxylation is 1. The Bertz CT molecular complexity index is 398. The highest BCUT2D eigenvalue weighted by Crippen LogP contribution is 2.36. The zero-order valence-electron chi connectivity index (χ0n) is 11.0. The molecule has 1 aromatic rings. The fraction of sp³-hybridized carbons (Fsp3) is 0.600. The molecule has 1 saturated carbocycles. The second kappa shape index (κ2) is 5.01. The summed E-state index contributed by atoms with van der Waals surface area (Å²) >= 11 is 3.54. The average molecular weight is 296 g/mol. The van der Waals surface area contributed by atoms with E-state index in [9.17, 15) is 0 Å². The van der Waals surface area contributed by atoms with E-state index >= 15 is 0 Å². The van der Waals surface area contributed by atoms with Crippen molar-refractivity contribution < 1.29 is 0 Å². The van der Waals surface area contributed by atoms with E-state index in [1.165, 1.54) is 36.9 Å². The summed E-state index contributed by atoms with van der Waals surface area (Å²) in [6.45, 7) is 6.94. The monoisotopic (exact) mass is 295 g/mol. The molecule has 0 amide bonds. The van der Waals surface area contributed by atoms with Crippen LogP contribution in [0.5, 0.6) is 0 Å². The molecule has 17 heavy (non-hydrogen) atoms. The van der Waals surface area contributed by atoms with Crippen molar-refractivity contribution >= 4 is 21.6 Å². The molecule has 1 aromatic carbocycles. The summed E-state index contributed by atoms with van der Waals surface area (Å²) in [5.41, 5.74) is 3.11. The van der Waals surface area contributed by atoms with Gasteiger partial charge in [0, 0.05) is 16.2 Å². The van der Waals surface area contributed by atoms with Gasteiger partial charge in [0.05, 0.1) is 0 Å². The van der Waals surface area contributed by atoms with Crippen LogP contribution in [0.25, 0.3) is 0 Å². The summed E-state index contributed by atoms with van der Waals surface area (Å²) in [5.74, 6) is 0. The second-order valence-corrected chi connectivity index (χ2v) is 6.98. The Morgan fingerprint density at radius 2 is 2.12 bits per heavy atom. The lowest BCUT2D eigenvalue weighted by atomic mass is 9.75. The smallest absolute Gasteiger partial charge is 0.0383 e. The summed E-state index contributed by atoms with van der Waals surface area (Å²) in [7, 11) is 0. The number of anilines is 1. The molecule has 0 aromatic heterocycles. The first-order chi connectivity index (χ1) is 7.96. The van der Waals surface area contributed by atoms with Gasteiger partial charge in [-0.15, -0.1) is 0 Å². The molecule has 0 radical (unpaired) electrons. The van der Waals surface area contributed by atoms with Gasteiger partial charge >= 0.3 is 0 Å². The molecule has 0 saturated heterocycles. The maximum Gasteiger partial charge on any atom is 0.0383 e. The molecule has 0 heterocycles. The van der Waals surface area contributed by atoms with Crippen molar-refractivity contribution in [2.75, 3.05) is 5.32 Å². The van der Waals surface area contributed by atoms with Crippen molar-refractivity contribution in [2.24, 2.45) is 5.41 Å². The summed E-state index contributed by atoms with van der Waals surface area (Å²) in [4.78, 5) is 0. The van der Waals surface area contributed by atoms with Crippen LogP contribution in [0.3, 0.4) is 0 Å². The minimum Gasteiger partial charge on any atom is -0.382 e. The maximum atomic E-state index is 3.72. The fourth-order valence-corrected chi connectivity index (χ4v) is 3.15. The van der Waals surface area contributed by atoms with E-state index in [0.29, 0.717) is 11.5 Å². The van der Waals surface area contributed by atoms with E-state index in [4.69, 9.17) is 0 Å². The van der Waals surface area contributed by atoms with Crippen LogP contribution in [-0.4, -0.2) is 6.04 Å². The molecule has 1 unspecified atom stereocenters. The van der Waals surface area contributed by atoms with Crippen LogP contribution in [0.1, 0.15) is 45.1 Å². The minimum atomic E-state index is 0.496. The van der Waals surface area contributed by atoms with Crippen LogP contribution in [-0.2, 0) is 0 Å². The van der Waals surface area contributed by atoms with E-state index in [1.807, 2.05) is 0 Å². The third-order valence-corrected chi connectivity index (χ3v) is 4.26. The first-order valence-corrected chi connectivity index (χ1v) is 7.28. The van der Waals surface area contributed by atoms with Gasteiger partial charge in [0.25, 0.3) is 0 Å². The van der Waals surface area contributed by atoms with Crippen molar-refractivity contribution in [1.82, 2.24) is 0 Å². The highest BCUT2D eigenvalue weighted by atomic mass is 79.9. The zero-order valence-corrected chi connectivity index (χ0v) is 12.6. The molecular formula is C15H22BrN. The maximum absolute atomic E-state index is 3.72. The molecule has 2 rings (SSSR count). The standard InChI is InChI=1S/C15H22BrN/c1-11-6-7-12(16)9-14(11)17-13-5-4-8-15(2,3)10-13/h6-7,9,13,17H,4-5,8,10H2,1-3H3. The van der Waals surface area contributed by atoms with Gasteiger partial charge in [0.2, 0.25) is 0 Å². The van der Waals surface area contributed by atoms with Gasteiger partial charge in [-0.2, -0.15) is 0 Å². The Labute approximate surface area is 113 Å². The lowest BCUT2D eigenvalue weighted by molar-refractivity contribution is 0.229. The fourth-order valence-electron chi connectivity index (χ4n) is 2.79. The van der Waals surface area contributed by atoms with E-state index in [-0.39, 0.29) is 0 Å². The molecule has 0 spiro atoms. The topological polar surface area (TPSA) is 12.0 Å². The summed E-state index contributed by atoms with van der Waals surface area (Å²) in [5, 5.41) is 3.72. The molecule has 1 atom stereocenters. The van der Waals surface area contributed by atoms with E-state index < -0.39 is 0 Å². The lowest BCUT2D eigenvalue weighted by Crippen LogP contribution is -2.31. The lowest BCUT2D eigenvalue weighted by Gasteiger charge is -2.36. The Balaban J connectivity index is 2.07. The molecular weight excluding hydrogens is 274 g/mol. The Morgan fingerprint density at radius 3 is 2.82 bits per heavy atom. The quantitative estimate of drug-likeness (QED) is 0.797. The van der Waals surface area contributed by atoms with Gasteiger partial charge < -0.3 is 5.32 Å². The van der Waals surface area contributed by atoms with E-state index in [1.54, 1.807) is 0 Å². The molecule has 94 valence electrons. The van der Waals surface area contributed by atoms with Crippen LogP contribution in [0.2, 0.25) is 0 Å². The molecule has 0 bridgehead atoms. The third kappa shape index (κ3) is 3.48. The highest BCUT2D eigenvalue weighted by Gasteiger charge is 2.27. The number of halogens is 1. The molecule has 1 nitrogen and oxygen atoms in total. The van der Waals surface area contributed by atoms with Gasteiger partial charge in [-0.1, -0.05) is 42.3 Å². The number of rotatable bonds is 2. The highest BCUT2D eigenvalue weighted by molar-refractivity contribution is 9.10. The summed E-state index contributed by atoms with van der Waals surface area (Å²) in [6, 6.07) is 7.09. The van der Waals surface area contributed by atoms with Crippen LogP contribution in [0, 0.1) is 12.3 Å². The van der Waals surface area contributed by atoms with Gasteiger partial charge in [0.15, 0.2) is 0 Å². The first-order valence-electron chi connectivity index (χ1n) is 6.49.